The molecule has 0 bridgehead atoms. The van der Waals surface area contributed by atoms with E-state index in [1.165, 1.54) is 0 Å². The molecule has 1 fully saturated rings. The Labute approximate surface area is 134 Å². The summed E-state index contributed by atoms with van der Waals surface area (Å²) >= 11 is 1.15. The lowest BCUT2D eigenvalue weighted by atomic mass is 10.3. The van der Waals surface area contributed by atoms with Crippen molar-refractivity contribution in [1.82, 2.24) is 14.8 Å². The van der Waals surface area contributed by atoms with E-state index in [9.17, 15) is 9.59 Å². The number of thiazole rings is 1. The average molecular weight is 326 g/mol. The number of hydrogen-bond donors (Lipinski definition) is 1. The van der Waals surface area contributed by atoms with Crippen LogP contribution in [0.1, 0.15) is 22.3 Å². The van der Waals surface area contributed by atoms with Crippen molar-refractivity contribution in [3.05, 3.63) is 10.6 Å². The molecule has 1 saturated heterocycles. The summed E-state index contributed by atoms with van der Waals surface area (Å²) in [5.74, 6) is -0.495. The fraction of sp³-hybridized carbons (Fsp3) is 0.643. The zero-order valence-corrected chi connectivity index (χ0v) is 14.0. The SMILES string of the molecule is CCOC(=O)c1sc(NC(=O)CN2CCN(C)CC2)nc1C. The maximum atomic E-state index is 12.1. The van der Waals surface area contributed by atoms with Crippen molar-refractivity contribution in [2.45, 2.75) is 13.8 Å². The third kappa shape index (κ3) is 4.49. The van der Waals surface area contributed by atoms with Crippen LogP contribution in [0.3, 0.4) is 0 Å². The van der Waals surface area contributed by atoms with Crippen LogP contribution in [0.2, 0.25) is 0 Å². The lowest BCUT2D eigenvalue weighted by Crippen LogP contribution is -2.47. The average Bonchev–Trinajstić information content (AvgIpc) is 2.82. The zero-order chi connectivity index (χ0) is 16.1. The maximum Gasteiger partial charge on any atom is 0.350 e. The van der Waals surface area contributed by atoms with E-state index in [1.54, 1.807) is 13.8 Å². The normalized spacial score (nSPS) is 16.5. The van der Waals surface area contributed by atoms with E-state index < -0.39 is 5.97 Å². The number of ether oxygens (including phenoxy) is 1. The van der Waals surface area contributed by atoms with Crippen molar-refractivity contribution in [3.63, 3.8) is 0 Å². The van der Waals surface area contributed by atoms with Gasteiger partial charge in [-0.1, -0.05) is 11.3 Å². The van der Waals surface area contributed by atoms with Crippen molar-refractivity contribution in [2.75, 3.05) is 51.7 Å². The van der Waals surface area contributed by atoms with E-state index in [0.717, 1.165) is 37.5 Å². The lowest BCUT2D eigenvalue weighted by molar-refractivity contribution is -0.117. The minimum Gasteiger partial charge on any atom is -0.462 e. The number of aromatic nitrogens is 1. The van der Waals surface area contributed by atoms with Gasteiger partial charge in [-0.2, -0.15) is 0 Å². The number of aryl methyl sites for hydroxylation is 1. The number of rotatable bonds is 5. The number of piperazine rings is 1. The van der Waals surface area contributed by atoms with Gasteiger partial charge < -0.3 is 15.0 Å². The van der Waals surface area contributed by atoms with Crippen molar-refractivity contribution in [2.24, 2.45) is 0 Å². The number of esters is 1. The third-order valence-electron chi connectivity index (χ3n) is 3.47. The first-order valence-electron chi connectivity index (χ1n) is 7.35. The van der Waals surface area contributed by atoms with Gasteiger partial charge in [0.15, 0.2) is 5.13 Å². The van der Waals surface area contributed by atoms with Gasteiger partial charge in [-0.25, -0.2) is 9.78 Å². The minimum absolute atomic E-state index is 0.103. The first-order valence-corrected chi connectivity index (χ1v) is 8.16. The molecule has 0 saturated carbocycles. The summed E-state index contributed by atoms with van der Waals surface area (Å²) in [6, 6.07) is 0. The first kappa shape index (κ1) is 16.9. The van der Waals surface area contributed by atoms with E-state index in [2.05, 4.69) is 27.1 Å². The van der Waals surface area contributed by atoms with Crippen LogP contribution >= 0.6 is 11.3 Å². The molecule has 8 heteroatoms. The highest BCUT2D eigenvalue weighted by atomic mass is 32.1. The summed E-state index contributed by atoms with van der Waals surface area (Å²) in [6.07, 6.45) is 0. The van der Waals surface area contributed by atoms with E-state index in [-0.39, 0.29) is 5.91 Å². The fourth-order valence-corrected chi connectivity index (χ4v) is 3.08. The van der Waals surface area contributed by atoms with E-state index in [1.807, 2.05) is 0 Å². The standard InChI is InChI=1S/C14H22N4O3S/c1-4-21-13(20)12-10(2)15-14(22-12)16-11(19)9-18-7-5-17(3)6-8-18/h4-9H2,1-3H3,(H,15,16,19). The van der Waals surface area contributed by atoms with Crippen molar-refractivity contribution in [3.8, 4) is 0 Å². The fourth-order valence-electron chi connectivity index (χ4n) is 2.20. The third-order valence-corrected chi connectivity index (χ3v) is 4.52. The van der Waals surface area contributed by atoms with E-state index >= 15 is 0 Å². The Morgan fingerprint density at radius 2 is 2.00 bits per heavy atom. The molecule has 7 nitrogen and oxygen atoms in total. The quantitative estimate of drug-likeness (QED) is 0.807. The predicted octanol–water partition coefficient (Wildman–Crippen LogP) is 0.814. The smallest absolute Gasteiger partial charge is 0.350 e. The monoisotopic (exact) mass is 326 g/mol. The highest BCUT2D eigenvalue weighted by Gasteiger charge is 2.20. The van der Waals surface area contributed by atoms with Crippen LogP contribution < -0.4 is 5.32 Å². The number of carbonyl (C=O) groups excluding carboxylic acids is 2. The molecule has 1 aliphatic heterocycles. The van der Waals surface area contributed by atoms with Gasteiger partial charge in [0.2, 0.25) is 5.91 Å². The van der Waals surface area contributed by atoms with Gasteiger partial charge in [-0.3, -0.25) is 9.69 Å². The second-order valence-corrected chi connectivity index (χ2v) is 6.28. The van der Waals surface area contributed by atoms with Crippen LogP contribution in [0, 0.1) is 6.92 Å². The maximum absolute atomic E-state index is 12.1. The second-order valence-electron chi connectivity index (χ2n) is 5.28. The van der Waals surface area contributed by atoms with Gasteiger partial charge in [0.1, 0.15) is 4.88 Å². The minimum atomic E-state index is -0.392. The molecule has 1 aliphatic rings. The van der Waals surface area contributed by atoms with Crippen LogP contribution in [-0.4, -0.2) is 73.0 Å². The molecule has 0 aromatic carbocycles. The van der Waals surface area contributed by atoms with Gasteiger partial charge in [0.25, 0.3) is 0 Å². The number of hydrogen-bond acceptors (Lipinski definition) is 7. The highest BCUT2D eigenvalue weighted by Crippen LogP contribution is 2.23. The summed E-state index contributed by atoms with van der Waals surface area (Å²) in [5, 5.41) is 3.21. The summed E-state index contributed by atoms with van der Waals surface area (Å²) in [7, 11) is 2.08. The van der Waals surface area contributed by atoms with Crippen molar-refractivity contribution < 1.29 is 14.3 Å². The van der Waals surface area contributed by atoms with Gasteiger partial charge in [-0.15, -0.1) is 0 Å². The number of amides is 1. The molecule has 1 amide bonds. The van der Waals surface area contributed by atoms with Gasteiger partial charge in [0, 0.05) is 26.2 Å². The lowest BCUT2D eigenvalue weighted by Gasteiger charge is -2.31. The summed E-state index contributed by atoms with van der Waals surface area (Å²) in [6.45, 7) is 7.87. The molecule has 22 heavy (non-hydrogen) atoms. The first-order chi connectivity index (χ1) is 10.5. The van der Waals surface area contributed by atoms with Gasteiger partial charge >= 0.3 is 5.97 Å². The van der Waals surface area contributed by atoms with Crippen LogP contribution in [0.5, 0.6) is 0 Å². The number of nitrogens with one attached hydrogen (secondary N) is 1. The van der Waals surface area contributed by atoms with E-state index in [0.29, 0.717) is 28.9 Å². The molecule has 0 radical (unpaired) electrons. The Balaban J connectivity index is 1.89. The van der Waals surface area contributed by atoms with Crippen LogP contribution in [-0.2, 0) is 9.53 Å². The van der Waals surface area contributed by atoms with E-state index in [4.69, 9.17) is 4.74 Å². The molecule has 0 atom stereocenters. The van der Waals surface area contributed by atoms with Gasteiger partial charge in [0.05, 0.1) is 18.8 Å². The molecule has 1 N–H and O–H groups in total. The molecule has 1 aromatic heterocycles. The van der Waals surface area contributed by atoms with Crippen molar-refractivity contribution >= 4 is 28.3 Å². The topological polar surface area (TPSA) is 74.8 Å². The van der Waals surface area contributed by atoms with Crippen LogP contribution in [0.25, 0.3) is 0 Å². The number of likely N-dealkylation sites (N-methyl/N-ethyl adjacent to an activating group) is 1. The predicted molar refractivity (Wildman–Crippen MR) is 85.4 cm³/mol. The molecular weight excluding hydrogens is 304 g/mol. The second kappa shape index (κ2) is 7.66. The van der Waals surface area contributed by atoms with Crippen LogP contribution in [0.4, 0.5) is 5.13 Å². The Kier molecular flexibility index (Phi) is 5.87. The molecule has 1 aromatic rings. The molecular formula is C14H22N4O3S. The zero-order valence-electron chi connectivity index (χ0n) is 13.2. The molecule has 0 spiro atoms. The molecule has 2 rings (SSSR count). The summed E-state index contributed by atoms with van der Waals surface area (Å²) in [5.41, 5.74) is 0.582. The number of anilines is 1. The largest absolute Gasteiger partial charge is 0.462 e. The molecule has 2 heterocycles. The molecule has 122 valence electrons. The highest BCUT2D eigenvalue weighted by molar-refractivity contribution is 7.17. The Morgan fingerprint density at radius 1 is 1.32 bits per heavy atom. The Hall–Kier alpha value is -1.51. The Morgan fingerprint density at radius 3 is 2.64 bits per heavy atom. The summed E-state index contributed by atoms with van der Waals surface area (Å²) < 4.78 is 4.96. The van der Waals surface area contributed by atoms with Crippen molar-refractivity contribution in [1.29, 1.82) is 0 Å². The molecule has 0 aliphatic carbocycles. The summed E-state index contributed by atoms with van der Waals surface area (Å²) in [4.78, 5) is 32.8. The number of nitrogens with zero attached hydrogens (tertiary/aromatic N) is 3. The van der Waals surface area contributed by atoms with Gasteiger partial charge in [-0.05, 0) is 20.9 Å². The Bertz CT molecular complexity index is 538. The molecule has 0 unspecified atom stereocenters. The number of carbonyl (C=O) groups is 2. The van der Waals surface area contributed by atoms with Crippen LogP contribution in [0.15, 0.2) is 0 Å².